The predicted molar refractivity (Wildman–Crippen MR) is 132 cm³/mol. The van der Waals surface area contributed by atoms with Gasteiger partial charge in [-0.1, -0.05) is 13.2 Å². The fourth-order valence-electron chi connectivity index (χ4n) is 4.21. The second-order valence-electron chi connectivity index (χ2n) is 8.69. The highest BCUT2D eigenvalue weighted by molar-refractivity contribution is 5.92. The van der Waals surface area contributed by atoms with Gasteiger partial charge in [-0.15, -0.1) is 0 Å². The van der Waals surface area contributed by atoms with Crippen molar-refractivity contribution >= 4 is 23.9 Å². The number of aryl methyl sites for hydroxylation is 2. The van der Waals surface area contributed by atoms with Crippen LogP contribution in [0.2, 0.25) is 0 Å². The highest BCUT2D eigenvalue weighted by Crippen LogP contribution is 2.32. The summed E-state index contributed by atoms with van der Waals surface area (Å²) >= 11 is 0. The Labute approximate surface area is 218 Å². The van der Waals surface area contributed by atoms with Crippen molar-refractivity contribution in [2.24, 2.45) is 0 Å². The van der Waals surface area contributed by atoms with Gasteiger partial charge in [-0.2, -0.15) is 0 Å². The van der Waals surface area contributed by atoms with E-state index in [0.717, 1.165) is 12.2 Å². The molecule has 4 atom stereocenters. The van der Waals surface area contributed by atoms with Gasteiger partial charge < -0.3 is 28.4 Å². The molecular formula is C28H26O10. The van der Waals surface area contributed by atoms with Crippen molar-refractivity contribution in [1.29, 1.82) is 0 Å². The maximum absolute atomic E-state index is 12.8. The van der Waals surface area contributed by atoms with Gasteiger partial charge in [0.25, 0.3) is 0 Å². The van der Waals surface area contributed by atoms with E-state index >= 15 is 0 Å². The molecule has 2 fully saturated rings. The Bertz CT molecular complexity index is 1200. The summed E-state index contributed by atoms with van der Waals surface area (Å²) in [6, 6.07) is 9.07. The molecule has 2 aliphatic rings. The maximum atomic E-state index is 12.8. The van der Waals surface area contributed by atoms with E-state index in [4.69, 9.17) is 28.4 Å². The molecule has 4 rings (SSSR count). The lowest BCUT2D eigenvalue weighted by molar-refractivity contribution is -0.129. The van der Waals surface area contributed by atoms with Crippen LogP contribution in [0.15, 0.2) is 61.7 Å². The zero-order chi connectivity index (χ0) is 27.4. The first-order valence-corrected chi connectivity index (χ1v) is 11.7. The average Bonchev–Trinajstić information content (AvgIpc) is 3.47. The molecule has 0 aliphatic carbocycles. The monoisotopic (exact) mass is 522 g/mol. The van der Waals surface area contributed by atoms with E-state index in [1.807, 2.05) is 0 Å². The lowest BCUT2D eigenvalue weighted by Crippen LogP contribution is -2.36. The summed E-state index contributed by atoms with van der Waals surface area (Å²) in [5.41, 5.74) is 1.70. The number of rotatable bonds is 8. The molecule has 2 aromatic carbocycles. The topological polar surface area (TPSA) is 124 Å². The molecule has 2 aliphatic heterocycles. The van der Waals surface area contributed by atoms with Gasteiger partial charge in [0.05, 0.1) is 24.3 Å². The summed E-state index contributed by atoms with van der Waals surface area (Å²) in [5.74, 6) is -1.84. The molecule has 0 amide bonds. The minimum absolute atomic E-state index is 0.0750. The number of ether oxygens (including phenoxy) is 6. The molecule has 2 aromatic rings. The molecule has 0 aromatic heterocycles. The van der Waals surface area contributed by atoms with Gasteiger partial charge in [0.1, 0.15) is 23.7 Å². The molecule has 10 nitrogen and oxygen atoms in total. The second-order valence-corrected chi connectivity index (χ2v) is 8.69. The van der Waals surface area contributed by atoms with Crippen molar-refractivity contribution in [2.75, 3.05) is 13.2 Å². The lowest BCUT2D eigenvalue weighted by Gasteiger charge is -2.18. The normalized spacial score (nSPS) is 21.6. The first-order chi connectivity index (χ1) is 18.2. The molecule has 0 N–H and O–H groups in total. The van der Waals surface area contributed by atoms with Crippen LogP contribution >= 0.6 is 0 Å². The zero-order valence-corrected chi connectivity index (χ0v) is 20.8. The summed E-state index contributed by atoms with van der Waals surface area (Å²) in [4.78, 5) is 48.4. The summed E-state index contributed by atoms with van der Waals surface area (Å²) in [6.07, 6.45) is -0.524. The third-order valence-electron chi connectivity index (χ3n) is 6.09. The highest BCUT2D eigenvalue weighted by atomic mass is 16.7. The Hall–Kier alpha value is -4.28. The SMILES string of the molecule is C=CC(=O)Oc1ccc(C(=O)OC2COC3[C@@H]2OC[C@H]3OC(=O)c2ccc(OC(=O)C=C)cc2C)c(C)c1. The molecule has 10 heteroatoms. The largest absolute Gasteiger partial charge is 0.453 e. The van der Waals surface area contributed by atoms with Crippen molar-refractivity contribution < 1.29 is 47.6 Å². The van der Waals surface area contributed by atoms with Crippen molar-refractivity contribution in [3.63, 3.8) is 0 Å². The van der Waals surface area contributed by atoms with Gasteiger partial charge in [-0.25, -0.2) is 19.2 Å². The van der Waals surface area contributed by atoms with Gasteiger partial charge in [-0.3, -0.25) is 0 Å². The van der Waals surface area contributed by atoms with E-state index in [2.05, 4.69) is 13.2 Å². The van der Waals surface area contributed by atoms with Crippen LogP contribution in [0, 0.1) is 13.8 Å². The summed E-state index contributed by atoms with van der Waals surface area (Å²) in [6.45, 7) is 10.2. The highest BCUT2D eigenvalue weighted by Gasteiger charge is 2.51. The average molecular weight is 523 g/mol. The van der Waals surface area contributed by atoms with Gasteiger partial charge in [0.2, 0.25) is 0 Å². The summed E-state index contributed by atoms with van der Waals surface area (Å²) < 4.78 is 33.0. The minimum atomic E-state index is -0.700. The number of carbonyl (C=O) groups excluding carboxylic acids is 4. The molecule has 198 valence electrons. The molecule has 2 unspecified atom stereocenters. The van der Waals surface area contributed by atoms with Gasteiger partial charge in [0, 0.05) is 12.2 Å². The van der Waals surface area contributed by atoms with Crippen LogP contribution in [0.1, 0.15) is 31.8 Å². The zero-order valence-electron chi connectivity index (χ0n) is 20.8. The number of hydrogen-bond acceptors (Lipinski definition) is 10. The Morgan fingerprint density at radius 3 is 1.47 bits per heavy atom. The Kier molecular flexibility index (Phi) is 8.04. The smallest absolute Gasteiger partial charge is 0.338 e. The molecule has 0 bridgehead atoms. The second kappa shape index (κ2) is 11.4. The third-order valence-corrected chi connectivity index (χ3v) is 6.09. The van der Waals surface area contributed by atoms with Gasteiger partial charge in [-0.05, 0) is 61.4 Å². The van der Waals surface area contributed by atoms with Crippen LogP contribution in [-0.2, 0) is 28.5 Å². The van der Waals surface area contributed by atoms with E-state index < -0.39 is 48.3 Å². The third kappa shape index (κ3) is 5.82. The predicted octanol–water partition coefficient (Wildman–Crippen LogP) is 3.03. The quantitative estimate of drug-likeness (QED) is 0.290. The maximum Gasteiger partial charge on any atom is 0.338 e. The van der Waals surface area contributed by atoms with Crippen LogP contribution in [-0.4, -0.2) is 61.5 Å². The minimum Gasteiger partial charge on any atom is -0.453 e. The van der Waals surface area contributed by atoms with E-state index in [1.54, 1.807) is 26.0 Å². The molecule has 38 heavy (non-hydrogen) atoms. The van der Waals surface area contributed by atoms with E-state index in [9.17, 15) is 19.2 Å². The van der Waals surface area contributed by atoms with Crippen molar-refractivity contribution in [1.82, 2.24) is 0 Å². The summed E-state index contributed by atoms with van der Waals surface area (Å²) in [7, 11) is 0. The molecular weight excluding hydrogens is 496 g/mol. The first kappa shape index (κ1) is 26.8. The number of esters is 4. The van der Waals surface area contributed by atoms with Crippen LogP contribution in [0.25, 0.3) is 0 Å². The van der Waals surface area contributed by atoms with Crippen LogP contribution in [0.4, 0.5) is 0 Å². The van der Waals surface area contributed by atoms with Gasteiger partial charge >= 0.3 is 23.9 Å². The fraction of sp³-hybridized carbons (Fsp3) is 0.286. The Morgan fingerprint density at radius 2 is 1.13 bits per heavy atom. The van der Waals surface area contributed by atoms with Crippen molar-refractivity contribution in [3.8, 4) is 11.5 Å². The van der Waals surface area contributed by atoms with Crippen LogP contribution in [0.5, 0.6) is 11.5 Å². The number of carbonyl (C=O) groups is 4. The van der Waals surface area contributed by atoms with E-state index in [0.29, 0.717) is 22.3 Å². The number of fused-ring (bicyclic) bond motifs is 1. The first-order valence-electron chi connectivity index (χ1n) is 11.7. The standard InChI is InChI=1S/C28H26O10/c1-5-23(29)35-17-7-9-19(15(3)11-17)27(31)37-21-13-33-26-22(14-34-25(21)26)38-28(32)20-10-8-18(12-16(20)4)36-24(30)6-2/h5-12,21-22,25-26H,1-2,13-14H2,3-4H3/t21-,22?,25?,26-/m1/s1. The van der Waals surface area contributed by atoms with Crippen molar-refractivity contribution in [2.45, 2.75) is 38.3 Å². The number of hydrogen-bond donors (Lipinski definition) is 0. The van der Waals surface area contributed by atoms with Gasteiger partial charge in [0.15, 0.2) is 12.2 Å². The number of benzene rings is 2. The molecule has 2 saturated heterocycles. The van der Waals surface area contributed by atoms with Crippen LogP contribution in [0.3, 0.4) is 0 Å². The Morgan fingerprint density at radius 1 is 0.737 bits per heavy atom. The molecule has 0 spiro atoms. The Balaban J connectivity index is 1.35. The fourth-order valence-corrected chi connectivity index (χ4v) is 4.21. The van der Waals surface area contributed by atoms with E-state index in [-0.39, 0.29) is 24.7 Å². The molecule has 2 heterocycles. The van der Waals surface area contributed by atoms with E-state index in [1.165, 1.54) is 24.3 Å². The lowest BCUT2D eigenvalue weighted by atomic mass is 10.1. The summed E-state index contributed by atoms with van der Waals surface area (Å²) in [5, 5.41) is 0. The molecule has 0 radical (unpaired) electrons. The molecule has 0 saturated carbocycles. The van der Waals surface area contributed by atoms with Crippen molar-refractivity contribution in [3.05, 3.63) is 84.0 Å². The van der Waals surface area contributed by atoms with Crippen LogP contribution < -0.4 is 9.47 Å².